The highest BCUT2D eigenvalue weighted by Gasteiger charge is 2.43. The van der Waals surface area contributed by atoms with Gasteiger partial charge in [0.05, 0.1) is 12.6 Å². The first-order valence-electron chi connectivity index (χ1n) is 8.93. The number of hydrogen-bond donors (Lipinski definition) is 5. The maximum absolute atomic E-state index is 13.0. The van der Waals surface area contributed by atoms with Crippen molar-refractivity contribution in [1.29, 1.82) is 0 Å². The van der Waals surface area contributed by atoms with E-state index in [1.165, 1.54) is 9.80 Å². The number of carbonyl (C=O) groups excluding carboxylic acids is 3. The monoisotopic (exact) mass is 402 g/mol. The molecule has 2 aliphatic rings. The van der Waals surface area contributed by atoms with E-state index in [9.17, 15) is 19.2 Å². The Labute approximate surface area is 162 Å². The number of aliphatic hydroxyl groups is 1. The summed E-state index contributed by atoms with van der Waals surface area (Å²) in [6, 6.07) is -3.71. The van der Waals surface area contributed by atoms with Gasteiger partial charge in [0, 0.05) is 18.8 Å². The maximum Gasteiger partial charge on any atom is 0.328 e. The van der Waals surface area contributed by atoms with Crippen molar-refractivity contribution in [3.05, 3.63) is 0 Å². The molecule has 0 bridgehead atoms. The second-order valence-corrected chi connectivity index (χ2v) is 7.12. The molecule has 2 saturated heterocycles. The zero-order chi connectivity index (χ0) is 20.1. The van der Waals surface area contributed by atoms with E-state index < -0.39 is 42.7 Å². The number of aliphatic carboxylic acids is 1. The second-order valence-electron chi connectivity index (χ2n) is 6.75. The van der Waals surface area contributed by atoms with Gasteiger partial charge in [0.25, 0.3) is 0 Å². The number of likely N-dealkylation sites (tertiary alicyclic amines) is 2. The van der Waals surface area contributed by atoms with Crippen LogP contribution in [0.3, 0.4) is 0 Å². The lowest BCUT2D eigenvalue weighted by molar-refractivity contribution is -0.148. The molecular formula is C16H26N4O6S. The highest BCUT2D eigenvalue weighted by atomic mass is 32.1. The molecule has 0 aromatic heterocycles. The molecule has 2 rings (SSSR count). The van der Waals surface area contributed by atoms with E-state index >= 15 is 0 Å². The van der Waals surface area contributed by atoms with Crippen LogP contribution < -0.4 is 11.1 Å². The minimum atomic E-state index is -1.42. The normalized spacial score (nSPS) is 24.6. The van der Waals surface area contributed by atoms with Gasteiger partial charge in [-0.25, -0.2) is 4.79 Å². The molecule has 11 heteroatoms. The van der Waals surface area contributed by atoms with Crippen molar-refractivity contribution in [3.8, 4) is 0 Å². The van der Waals surface area contributed by atoms with Gasteiger partial charge in [0.2, 0.25) is 17.7 Å². The van der Waals surface area contributed by atoms with Crippen LogP contribution in [-0.2, 0) is 19.2 Å². The van der Waals surface area contributed by atoms with Crippen LogP contribution in [0.15, 0.2) is 0 Å². The third kappa shape index (κ3) is 4.71. The zero-order valence-corrected chi connectivity index (χ0v) is 15.8. The number of carboxylic acid groups (broad SMARTS) is 1. The third-order valence-electron chi connectivity index (χ3n) is 4.97. The summed E-state index contributed by atoms with van der Waals surface area (Å²) in [5, 5.41) is 20.3. The number of nitrogens with one attached hydrogen (secondary N) is 1. The predicted octanol–water partition coefficient (Wildman–Crippen LogP) is -2.21. The van der Waals surface area contributed by atoms with Gasteiger partial charge in [-0.1, -0.05) is 0 Å². The van der Waals surface area contributed by atoms with Crippen molar-refractivity contribution in [2.24, 2.45) is 5.73 Å². The van der Waals surface area contributed by atoms with Crippen molar-refractivity contribution < 1.29 is 29.4 Å². The van der Waals surface area contributed by atoms with Gasteiger partial charge in [-0.2, -0.15) is 12.6 Å². The smallest absolute Gasteiger partial charge is 0.328 e. The Morgan fingerprint density at radius 2 is 1.70 bits per heavy atom. The van der Waals surface area contributed by atoms with Gasteiger partial charge in [0.15, 0.2) is 0 Å². The highest BCUT2D eigenvalue weighted by molar-refractivity contribution is 7.80. The first-order valence-corrected chi connectivity index (χ1v) is 9.56. The molecule has 5 N–H and O–H groups in total. The number of aliphatic hydroxyl groups excluding tert-OH is 1. The summed E-state index contributed by atoms with van der Waals surface area (Å²) in [5.74, 6) is -2.48. The number of hydrogen-bond acceptors (Lipinski definition) is 7. The summed E-state index contributed by atoms with van der Waals surface area (Å²) < 4.78 is 0. The molecule has 0 spiro atoms. The van der Waals surface area contributed by atoms with E-state index in [2.05, 4.69) is 17.9 Å². The minimum absolute atomic E-state index is 0.169. The molecule has 2 heterocycles. The molecule has 0 saturated carbocycles. The maximum atomic E-state index is 13.0. The summed E-state index contributed by atoms with van der Waals surface area (Å²) in [4.78, 5) is 51.7. The number of amides is 3. The molecule has 10 nitrogen and oxygen atoms in total. The molecule has 152 valence electrons. The van der Waals surface area contributed by atoms with Crippen LogP contribution in [0.2, 0.25) is 0 Å². The Morgan fingerprint density at radius 3 is 2.26 bits per heavy atom. The molecule has 2 aliphatic heterocycles. The fourth-order valence-electron chi connectivity index (χ4n) is 3.53. The largest absolute Gasteiger partial charge is 0.480 e. The zero-order valence-electron chi connectivity index (χ0n) is 14.9. The summed E-state index contributed by atoms with van der Waals surface area (Å²) in [7, 11) is 0. The van der Waals surface area contributed by atoms with E-state index in [1.807, 2.05) is 0 Å². The van der Waals surface area contributed by atoms with E-state index in [1.54, 1.807) is 0 Å². The Balaban J connectivity index is 2.09. The molecule has 27 heavy (non-hydrogen) atoms. The van der Waals surface area contributed by atoms with Gasteiger partial charge in [-0.15, -0.1) is 0 Å². The van der Waals surface area contributed by atoms with E-state index in [-0.39, 0.29) is 17.6 Å². The van der Waals surface area contributed by atoms with Gasteiger partial charge in [0.1, 0.15) is 18.1 Å². The summed E-state index contributed by atoms with van der Waals surface area (Å²) >= 11 is 4.03. The predicted molar refractivity (Wildman–Crippen MR) is 98.0 cm³/mol. The highest BCUT2D eigenvalue weighted by Crippen LogP contribution is 2.25. The number of carboxylic acids is 1. The number of carbonyl (C=O) groups is 4. The van der Waals surface area contributed by atoms with Crippen LogP contribution >= 0.6 is 12.6 Å². The molecule has 0 aliphatic carbocycles. The van der Waals surface area contributed by atoms with E-state index in [0.29, 0.717) is 38.8 Å². The molecule has 4 atom stereocenters. The Hall–Kier alpha value is -1.85. The summed E-state index contributed by atoms with van der Waals surface area (Å²) in [6.07, 6.45) is 2.14. The van der Waals surface area contributed by atoms with Crippen LogP contribution in [0.5, 0.6) is 0 Å². The van der Waals surface area contributed by atoms with Crippen LogP contribution in [0.25, 0.3) is 0 Å². The van der Waals surface area contributed by atoms with Crippen LogP contribution in [0.1, 0.15) is 25.7 Å². The topological polar surface area (TPSA) is 153 Å². The average Bonchev–Trinajstić information content (AvgIpc) is 3.33. The number of thiol groups is 1. The average molecular weight is 402 g/mol. The van der Waals surface area contributed by atoms with Crippen molar-refractivity contribution >= 4 is 36.3 Å². The van der Waals surface area contributed by atoms with Crippen molar-refractivity contribution in [3.63, 3.8) is 0 Å². The van der Waals surface area contributed by atoms with Gasteiger partial charge in [-0.05, 0) is 25.7 Å². The first-order chi connectivity index (χ1) is 12.8. The Bertz CT molecular complexity index is 603. The fraction of sp³-hybridized carbons (Fsp3) is 0.750. The van der Waals surface area contributed by atoms with Gasteiger partial charge < -0.3 is 31.1 Å². The van der Waals surface area contributed by atoms with Crippen molar-refractivity contribution in [1.82, 2.24) is 15.1 Å². The Kier molecular flexibility index (Phi) is 7.45. The molecule has 0 radical (unpaired) electrons. The number of nitrogens with zero attached hydrogens (tertiary/aromatic N) is 2. The molecule has 0 aromatic rings. The Morgan fingerprint density at radius 1 is 1.11 bits per heavy atom. The van der Waals surface area contributed by atoms with Crippen LogP contribution in [0.4, 0.5) is 0 Å². The molecule has 0 aromatic carbocycles. The van der Waals surface area contributed by atoms with Crippen molar-refractivity contribution in [2.45, 2.75) is 49.9 Å². The van der Waals surface area contributed by atoms with Crippen molar-refractivity contribution in [2.75, 3.05) is 25.4 Å². The first kappa shape index (κ1) is 21.5. The van der Waals surface area contributed by atoms with Crippen LogP contribution in [0, 0.1) is 0 Å². The molecule has 3 amide bonds. The fourth-order valence-corrected chi connectivity index (χ4v) is 3.68. The lowest BCUT2D eigenvalue weighted by atomic mass is 10.1. The lowest BCUT2D eigenvalue weighted by Crippen LogP contribution is -2.56. The molecular weight excluding hydrogens is 376 g/mol. The molecule has 4 unspecified atom stereocenters. The van der Waals surface area contributed by atoms with E-state index in [4.69, 9.17) is 15.9 Å². The van der Waals surface area contributed by atoms with Gasteiger partial charge >= 0.3 is 5.97 Å². The summed E-state index contributed by atoms with van der Waals surface area (Å²) in [5.41, 5.74) is 5.75. The lowest BCUT2D eigenvalue weighted by Gasteiger charge is -2.32. The third-order valence-corrected chi connectivity index (χ3v) is 5.36. The van der Waals surface area contributed by atoms with Crippen LogP contribution in [-0.4, -0.2) is 93.3 Å². The van der Waals surface area contributed by atoms with Gasteiger partial charge in [-0.3, -0.25) is 14.4 Å². The second kappa shape index (κ2) is 9.38. The standard InChI is InChI=1S/C16H26N4O6S/c17-9(8-27)14(23)20-6-2-4-12(20)15(24)19-5-1-3-11(19)13(22)18-10(7-21)16(25)26/h9-12,21,27H,1-8,17H2,(H,18,22)(H,25,26). The number of nitrogens with two attached hydrogens (primary N) is 1. The van der Waals surface area contributed by atoms with E-state index in [0.717, 1.165) is 0 Å². The quantitative estimate of drug-likeness (QED) is 0.303. The minimum Gasteiger partial charge on any atom is -0.480 e. The molecule has 2 fully saturated rings. The summed E-state index contributed by atoms with van der Waals surface area (Å²) in [6.45, 7) is 0.0339. The number of rotatable bonds is 7. The SMILES string of the molecule is NC(CS)C(=O)N1CCCC1C(=O)N1CCCC1C(=O)NC(CO)C(=O)O.